The third-order valence-electron chi connectivity index (χ3n) is 9.26. The Morgan fingerprint density at radius 1 is 0.941 bits per heavy atom. The largest absolute Gasteiger partial charge is 0.496 e. The van der Waals surface area contributed by atoms with Crippen molar-refractivity contribution in [3.63, 3.8) is 0 Å². The molecule has 0 aliphatic heterocycles. The molecule has 1 heterocycles. The summed E-state index contributed by atoms with van der Waals surface area (Å²) < 4.78 is 13.2. The Morgan fingerprint density at radius 2 is 1.53 bits per heavy atom. The van der Waals surface area contributed by atoms with Crippen LogP contribution in [0.15, 0.2) is 24.3 Å². The second kappa shape index (κ2) is 29.5. The van der Waals surface area contributed by atoms with E-state index in [1.165, 1.54) is 57.8 Å². The van der Waals surface area contributed by atoms with Crippen LogP contribution in [-0.2, 0) is 11.3 Å². The molecule has 3 unspecified atom stereocenters. The van der Waals surface area contributed by atoms with Gasteiger partial charge in [-0.05, 0) is 49.3 Å². The summed E-state index contributed by atoms with van der Waals surface area (Å²) in [6, 6.07) is 7.06. The number of methoxy groups -OCH3 is 2. The van der Waals surface area contributed by atoms with Crippen molar-refractivity contribution in [2.45, 2.75) is 171 Å². The van der Waals surface area contributed by atoms with Gasteiger partial charge in [-0.15, -0.1) is 0 Å². The van der Waals surface area contributed by atoms with Gasteiger partial charge in [0.2, 0.25) is 5.91 Å². The molecule has 0 spiro atoms. The minimum absolute atomic E-state index is 0.162. The van der Waals surface area contributed by atoms with Gasteiger partial charge in [0.1, 0.15) is 11.5 Å². The molecular weight excluding hydrogens is 640 g/mol. The fourth-order valence-corrected chi connectivity index (χ4v) is 5.97. The number of amides is 2. The van der Waals surface area contributed by atoms with Gasteiger partial charge in [0, 0.05) is 25.6 Å². The zero-order valence-electron chi connectivity index (χ0n) is 34.4. The van der Waals surface area contributed by atoms with E-state index in [1.54, 1.807) is 20.3 Å². The number of unbranched alkanes of at least 4 members (excludes halogenated alkanes) is 3. The molecule has 9 nitrogen and oxygen atoms in total. The van der Waals surface area contributed by atoms with Crippen molar-refractivity contribution in [2.75, 3.05) is 20.8 Å². The van der Waals surface area contributed by atoms with Crippen LogP contribution in [0.5, 0.6) is 11.5 Å². The van der Waals surface area contributed by atoms with Gasteiger partial charge < -0.3 is 25.2 Å². The van der Waals surface area contributed by atoms with Gasteiger partial charge in [-0.25, -0.2) is 0 Å². The zero-order chi connectivity index (χ0) is 38.6. The third kappa shape index (κ3) is 18.3. The van der Waals surface area contributed by atoms with Crippen LogP contribution in [0, 0.1) is 11.8 Å². The van der Waals surface area contributed by atoms with Gasteiger partial charge >= 0.3 is 0 Å². The first kappa shape index (κ1) is 47.9. The Kier molecular flexibility index (Phi) is 27.7. The number of benzene rings is 1. The molecule has 0 saturated heterocycles. The van der Waals surface area contributed by atoms with Crippen LogP contribution in [-0.4, -0.2) is 59.6 Å². The van der Waals surface area contributed by atoms with E-state index < -0.39 is 6.10 Å². The Bertz CT molecular complexity index is 1150. The number of rotatable bonds is 19. The van der Waals surface area contributed by atoms with Crippen LogP contribution in [0.2, 0.25) is 0 Å². The molecule has 0 bridgehead atoms. The third-order valence-corrected chi connectivity index (χ3v) is 9.26. The molecule has 294 valence electrons. The molecule has 1 saturated carbocycles. The van der Waals surface area contributed by atoms with Crippen molar-refractivity contribution in [2.24, 2.45) is 11.8 Å². The van der Waals surface area contributed by atoms with E-state index in [9.17, 15) is 14.7 Å². The molecule has 0 radical (unpaired) electrons. The number of nitrogens with one attached hydrogen (secondary N) is 2. The minimum atomic E-state index is -0.575. The van der Waals surface area contributed by atoms with Crippen molar-refractivity contribution in [3.8, 4) is 22.8 Å². The molecule has 1 aromatic carbocycles. The topological polar surface area (TPSA) is 115 Å². The lowest BCUT2D eigenvalue weighted by molar-refractivity contribution is -0.122. The Balaban J connectivity index is 0.00000223. The number of ether oxygens (including phenoxy) is 2. The van der Waals surface area contributed by atoms with Crippen LogP contribution in [0.1, 0.15) is 163 Å². The van der Waals surface area contributed by atoms with Crippen molar-refractivity contribution in [1.29, 1.82) is 0 Å². The number of hydrogen-bond acceptors (Lipinski definition) is 6. The summed E-state index contributed by atoms with van der Waals surface area (Å²) in [4.78, 5) is 26.4. The predicted octanol–water partition coefficient (Wildman–Crippen LogP) is 9.99. The fourth-order valence-electron chi connectivity index (χ4n) is 5.97. The summed E-state index contributed by atoms with van der Waals surface area (Å²) in [5, 5.41) is 20.5. The lowest BCUT2D eigenvalue weighted by Crippen LogP contribution is -2.41. The van der Waals surface area contributed by atoms with E-state index in [2.05, 4.69) is 38.3 Å². The Morgan fingerprint density at radius 3 is 2.04 bits per heavy atom. The second-order valence-electron chi connectivity index (χ2n) is 13.2. The van der Waals surface area contributed by atoms with Crippen LogP contribution < -0.4 is 20.1 Å². The smallest absolute Gasteiger partial charge is 0.272 e. The number of aromatic nitrogens is 2. The molecule has 9 heteroatoms. The average molecular weight is 717 g/mol. The van der Waals surface area contributed by atoms with Crippen LogP contribution in [0.25, 0.3) is 11.3 Å². The Labute approximate surface area is 312 Å². The number of nitrogens with zero attached hydrogens (tertiary/aromatic N) is 2. The van der Waals surface area contributed by atoms with Crippen molar-refractivity contribution < 1.29 is 24.2 Å². The fraction of sp³-hybridized carbons (Fsp3) is 0.738. The summed E-state index contributed by atoms with van der Waals surface area (Å²) in [5.74, 6) is 1.77. The number of aliphatic hydroxyl groups is 1. The standard InChI is InChI=1S/C32H50N4O5.C6H14.2C2H6/c1-6-22(3)21-36-27(31-28(40-4)14-11-15-29(31)41-5)19-26(35-36)32(39)34-24(17-16-23-12-9-8-10-13-23)18-30(38)33-20-25(37)7-2;1-3-5-6-4-2;2*1-2/h11,14-15,19,22-25,37H,6-10,12-13,16-18,20-21H2,1-5H3,(H,33,38)(H,34,39);3-6H2,1-2H3;2*1-2H3. The molecule has 1 aliphatic rings. The number of hydrogen-bond donors (Lipinski definition) is 3. The van der Waals surface area contributed by atoms with Gasteiger partial charge in [-0.1, -0.05) is 133 Å². The zero-order valence-corrected chi connectivity index (χ0v) is 34.4. The van der Waals surface area contributed by atoms with Crippen molar-refractivity contribution >= 4 is 11.8 Å². The first-order valence-corrected chi connectivity index (χ1v) is 20.3. The van der Waals surface area contributed by atoms with E-state index in [0.29, 0.717) is 42.0 Å². The lowest BCUT2D eigenvalue weighted by atomic mass is 9.85. The quantitative estimate of drug-likeness (QED) is 0.125. The highest BCUT2D eigenvalue weighted by atomic mass is 16.5. The average Bonchev–Trinajstić information content (AvgIpc) is 3.59. The molecule has 2 aromatic rings. The number of carbonyl (C=O) groups is 2. The van der Waals surface area contributed by atoms with Crippen LogP contribution in [0.3, 0.4) is 0 Å². The minimum Gasteiger partial charge on any atom is -0.496 e. The summed E-state index contributed by atoms with van der Waals surface area (Å²) in [6.45, 7) is 19.5. The number of aliphatic hydroxyl groups excluding tert-OH is 1. The molecule has 1 aliphatic carbocycles. The Hall–Kier alpha value is -3.07. The van der Waals surface area contributed by atoms with Crippen molar-refractivity contribution in [1.82, 2.24) is 20.4 Å². The lowest BCUT2D eigenvalue weighted by Gasteiger charge is -2.24. The maximum Gasteiger partial charge on any atom is 0.272 e. The first-order valence-electron chi connectivity index (χ1n) is 20.3. The summed E-state index contributed by atoms with van der Waals surface area (Å²) in [6.07, 6.45) is 14.6. The first-order chi connectivity index (χ1) is 24.7. The molecule has 3 N–H and O–H groups in total. The van der Waals surface area contributed by atoms with Crippen LogP contribution >= 0.6 is 0 Å². The van der Waals surface area contributed by atoms with Crippen molar-refractivity contribution in [3.05, 3.63) is 30.0 Å². The number of carbonyl (C=O) groups excluding carboxylic acids is 2. The second-order valence-corrected chi connectivity index (χ2v) is 13.2. The molecule has 1 aromatic heterocycles. The molecular formula is C42H76N4O5. The molecule has 1 fully saturated rings. The van der Waals surface area contributed by atoms with E-state index in [-0.39, 0.29) is 30.8 Å². The SMILES string of the molecule is CC.CC.CCC(C)Cn1nc(C(=O)NC(CCC2CCCCC2)CC(=O)NCC(O)CC)cc1-c1c(OC)cccc1OC.CCCCCC. The molecule has 51 heavy (non-hydrogen) atoms. The molecule has 3 rings (SSSR count). The van der Waals surface area contributed by atoms with E-state index in [4.69, 9.17) is 14.6 Å². The maximum absolute atomic E-state index is 13.6. The van der Waals surface area contributed by atoms with E-state index >= 15 is 0 Å². The summed E-state index contributed by atoms with van der Waals surface area (Å²) >= 11 is 0. The summed E-state index contributed by atoms with van der Waals surface area (Å²) in [7, 11) is 3.23. The highest BCUT2D eigenvalue weighted by molar-refractivity contribution is 5.94. The molecule has 3 atom stereocenters. The highest BCUT2D eigenvalue weighted by Crippen LogP contribution is 2.39. The summed E-state index contributed by atoms with van der Waals surface area (Å²) in [5.41, 5.74) is 1.78. The van der Waals surface area contributed by atoms with E-state index in [0.717, 1.165) is 30.5 Å². The molecule has 2 amide bonds. The van der Waals surface area contributed by atoms with E-state index in [1.807, 2.05) is 57.5 Å². The van der Waals surface area contributed by atoms with Gasteiger partial charge in [0.05, 0.1) is 31.6 Å². The van der Waals surface area contributed by atoms with Gasteiger partial charge in [0.15, 0.2) is 5.69 Å². The van der Waals surface area contributed by atoms with Gasteiger partial charge in [-0.2, -0.15) is 5.10 Å². The maximum atomic E-state index is 13.6. The normalized spacial score (nSPS) is 14.2. The van der Waals surface area contributed by atoms with Crippen LogP contribution in [0.4, 0.5) is 0 Å². The van der Waals surface area contributed by atoms with Gasteiger partial charge in [-0.3, -0.25) is 14.3 Å². The highest BCUT2D eigenvalue weighted by Gasteiger charge is 2.25. The predicted molar refractivity (Wildman–Crippen MR) is 214 cm³/mol. The monoisotopic (exact) mass is 717 g/mol. The van der Waals surface area contributed by atoms with Gasteiger partial charge in [0.25, 0.3) is 5.91 Å².